The third-order valence-electron chi connectivity index (χ3n) is 2.99. The molecule has 0 radical (unpaired) electrons. The Morgan fingerprint density at radius 1 is 1.28 bits per heavy atom. The van der Waals surface area contributed by atoms with Crippen molar-refractivity contribution in [3.05, 3.63) is 29.0 Å². The summed E-state index contributed by atoms with van der Waals surface area (Å²) in [4.78, 5) is 0. The van der Waals surface area contributed by atoms with Gasteiger partial charge in [0.15, 0.2) is 0 Å². The summed E-state index contributed by atoms with van der Waals surface area (Å²) in [5, 5.41) is 3.59. The van der Waals surface area contributed by atoms with E-state index in [1.165, 1.54) is 31.4 Å². The van der Waals surface area contributed by atoms with Gasteiger partial charge in [0, 0.05) is 12.1 Å². The zero-order chi connectivity index (χ0) is 12.8. The van der Waals surface area contributed by atoms with Crippen molar-refractivity contribution in [2.45, 2.75) is 38.1 Å². The summed E-state index contributed by atoms with van der Waals surface area (Å²) in [5.41, 5.74) is 0. The first-order valence-electron chi connectivity index (χ1n) is 6.57. The summed E-state index contributed by atoms with van der Waals surface area (Å²) in [7, 11) is 0. The van der Waals surface area contributed by atoms with Gasteiger partial charge in [0.2, 0.25) is 0 Å². The minimum absolute atomic E-state index is 0.112. The molecule has 0 spiro atoms. The van der Waals surface area contributed by atoms with Crippen molar-refractivity contribution < 1.29 is 9.13 Å². The third kappa shape index (κ3) is 4.83. The molecule has 1 aromatic rings. The van der Waals surface area contributed by atoms with Crippen LogP contribution in [0.2, 0.25) is 5.02 Å². The molecule has 0 bridgehead atoms. The fourth-order valence-corrected chi connectivity index (χ4v) is 1.92. The molecule has 2 rings (SSSR count). The van der Waals surface area contributed by atoms with Gasteiger partial charge >= 0.3 is 0 Å². The van der Waals surface area contributed by atoms with E-state index in [0.29, 0.717) is 12.4 Å². The summed E-state index contributed by atoms with van der Waals surface area (Å²) < 4.78 is 18.4. The van der Waals surface area contributed by atoms with Crippen LogP contribution in [0.4, 0.5) is 4.39 Å². The minimum Gasteiger partial charge on any atom is -0.494 e. The first-order chi connectivity index (χ1) is 8.75. The number of halogens is 2. The monoisotopic (exact) mass is 271 g/mol. The van der Waals surface area contributed by atoms with Gasteiger partial charge in [-0.3, -0.25) is 0 Å². The second-order valence-electron chi connectivity index (χ2n) is 4.71. The van der Waals surface area contributed by atoms with Crippen LogP contribution in [0.25, 0.3) is 0 Å². The maximum absolute atomic E-state index is 12.9. The molecule has 0 aliphatic heterocycles. The number of rotatable bonds is 8. The summed E-state index contributed by atoms with van der Waals surface area (Å²) in [5.74, 6) is 0.229. The van der Waals surface area contributed by atoms with Crippen molar-refractivity contribution in [2.24, 2.45) is 0 Å². The van der Waals surface area contributed by atoms with Crippen molar-refractivity contribution in [2.75, 3.05) is 13.2 Å². The smallest absolute Gasteiger partial charge is 0.142 e. The molecule has 1 aliphatic rings. The largest absolute Gasteiger partial charge is 0.494 e. The van der Waals surface area contributed by atoms with Gasteiger partial charge in [-0.15, -0.1) is 0 Å². The quantitative estimate of drug-likeness (QED) is 0.727. The highest BCUT2D eigenvalue weighted by molar-refractivity contribution is 6.30. The standard InChI is InChI=1S/C14H19ClFNO/c15-13-10-12(6-7-14(13)16)18-9-3-1-2-8-17-11-4-5-11/h6-7,10-11,17H,1-5,8-9H2. The predicted molar refractivity (Wildman–Crippen MR) is 71.8 cm³/mol. The van der Waals surface area contributed by atoms with Gasteiger partial charge in [-0.25, -0.2) is 4.39 Å². The number of unbranched alkanes of at least 4 members (excludes halogenated alkanes) is 2. The van der Waals surface area contributed by atoms with Crippen LogP contribution in [-0.2, 0) is 0 Å². The Bertz CT molecular complexity index is 382. The molecular weight excluding hydrogens is 253 g/mol. The van der Waals surface area contributed by atoms with E-state index < -0.39 is 5.82 Å². The Morgan fingerprint density at radius 2 is 2.11 bits per heavy atom. The van der Waals surface area contributed by atoms with Crippen LogP contribution in [0.1, 0.15) is 32.1 Å². The lowest BCUT2D eigenvalue weighted by Gasteiger charge is -2.07. The van der Waals surface area contributed by atoms with Gasteiger partial charge < -0.3 is 10.1 Å². The van der Waals surface area contributed by atoms with E-state index >= 15 is 0 Å². The van der Waals surface area contributed by atoms with Crippen LogP contribution in [0, 0.1) is 5.82 Å². The van der Waals surface area contributed by atoms with Crippen molar-refractivity contribution in [1.29, 1.82) is 0 Å². The maximum atomic E-state index is 12.9. The molecule has 100 valence electrons. The highest BCUT2D eigenvalue weighted by Gasteiger charge is 2.19. The maximum Gasteiger partial charge on any atom is 0.142 e. The van der Waals surface area contributed by atoms with Crippen LogP contribution >= 0.6 is 11.6 Å². The van der Waals surface area contributed by atoms with Crippen LogP contribution in [0.3, 0.4) is 0 Å². The van der Waals surface area contributed by atoms with Crippen molar-refractivity contribution in [1.82, 2.24) is 5.32 Å². The number of nitrogens with one attached hydrogen (secondary N) is 1. The molecule has 0 amide bonds. The fourth-order valence-electron chi connectivity index (χ4n) is 1.75. The van der Waals surface area contributed by atoms with E-state index in [2.05, 4.69) is 5.32 Å². The molecule has 1 aromatic carbocycles. The fraction of sp³-hybridized carbons (Fsp3) is 0.571. The summed E-state index contributed by atoms with van der Waals surface area (Å²) >= 11 is 5.67. The van der Waals surface area contributed by atoms with Crippen molar-refractivity contribution >= 4 is 11.6 Å². The molecule has 1 fully saturated rings. The molecule has 4 heteroatoms. The number of hydrogen-bond acceptors (Lipinski definition) is 2. The molecule has 0 heterocycles. The van der Waals surface area contributed by atoms with Gasteiger partial charge in [-0.05, 0) is 50.8 Å². The molecule has 18 heavy (non-hydrogen) atoms. The van der Waals surface area contributed by atoms with E-state index in [-0.39, 0.29) is 5.02 Å². The Morgan fingerprint density at radius 3 is 2.83 bits per heavy atom. The van der Waals surface area contributed by atoms with Crippen LogP contribution < -0.4 is 10.1 Å². The molecule has 1 aliphatic carbocycles. The van der Waals surface area contributed by atoms with E-state index in [1.807, 2.05) is 0 Å². The van der Waals surface area contributed by atoms with E-state index in [1.54, 1.807) is 6.07 Å². The normalized spacial score (nSPS) is 14.8. The number of ether oxygens (including phenoxy) is 1. The predicted octanol–water partition coefficient (Wildman–Crippen LogP) is 3.78. The summed E-state index contributed by atoms with van der Waals surface area (Å²) in [6.45, 7) is 1.76. The third-order valence-corrected chi connectivity index (χ3v) is 3.28. The molecule has 2 nitrogen and oxygen atoms in total. The minimum atomic E-state index is -0.407. The van der Waals surface area contributed by atoms with Crippen LogP contribution in [-0.4, -0.2) is 19.2 Å². The zero-order valence-corrected chi connectivity index (χ0v) is 11.2. The Kier molecular flexibility index (Phi) is 5.26. The first kappa shape index (κ1) is 13.6. The Labute approximate surface area is 112 Å². The Hall–Kier alpha value is -0.800. The van der Waals surface area contributed by atoms with E-state index in [0.717, 1.165) is 25.4 Å². The molecule has 0 saturated heterocycles. The van der Waals surface area contributed by atoms with Gasteiger partial charge in [0.25, 0.3) is 0 Å². The number of hydrogen-bond donors (Lipinski definition) is 1. The van der Waals surface area contributed by atoms with Gasteiger partial charge in [-0.1, -0.05) is 11.6 Å². The molecular formula is C14H19ClFNO. The average Bonchev–Trinajstić information content (AvgIpc) is 3.16. The van der Waals surface area contributed by atoms with Gasteiger partial charge in [-0.2, -0.15) is 0 Å². The topological polar surface area (TPSA) is 21.3 Å². The Balaban J connectivity index is 1.52. The molecule has 1 saturated carbocycles. The highest BCUT2D eigenvalue weighted by Crippen LogP contribution is 2.21. The SMILES string of the molecule is Fc1ccc(OCCCCCNC2CC2)cc1Cl. The van der Waals surface area contributed by atoms with Gasteiger partial charge in [0.05, 0.1) is 11.6 Å². The van der Waals surface area contributed by atoms with Crippen molar-refractivity contribution in [3.63, 3.8) is 0 Å². The second kappa shape index (κ2) is 6.95. The lowest BCUT2D eigenvalue weighted by Crippen LogP contribution is -2.17. The zero-order valence-electron chi connectivity index (χ0n) is 10.4. The molecule has 0 atom stereocenters. The van der Waals surface area contributed by atoms with E-state index in [4.69, 9.17) is 16.3 Å². The molecule has 0 unspecified atom stereocenters. The van der Waals surface area contributed by atoms with Gasteiger partial charge in [0.1, 0.15) is 11.6 Å². The van der Waals surface area contributed by atoms with Crippen LogP contribution in [0.15, 0.2) is 18.2 Å². The average molecular weight is 272 g/mol. The molecule has 1 N–H and O–H groups in total. The first-order valence-corrected chi connectivity index (χ1v) is 6.95. The second-order valence-corrected chi connectivity index (χ2v) is 5.12. The summed E-state index contributed by atoms with van der Waals surface area (Å²) in [6.07, 6.45) is 6.03. The lowest BCUT2D eigenvalue weighted by molar-refractivity contribution is 0.304. The van der Waals surface area contributed by atoms with Crippen LogP contribution in [0.5, 0.6) is 5.75 Å². The number of benzene rings is 1. The van der Waals surface area contributed by atoms with Crippen molar-refractivity contribution in [3.8, 4) is 5.75 Å². The molecule has 0 aromatic heterocycles. The van der Waals surface area contributed by atoms with E-state index in [9.17, 15) is 4.39 Å². The highest BCUT2D eigenvalue weighted by atomic mass is 35.5. The summed E-state index contributed by atoms with van der Waals surface area (Å²) in [6, 6.07) is 5.25. The lowest BCUT2D eigenvalue weighted by atomic mass is 10.2.